The third kappa shape index (κ3) is 2.77. The number of carbonyl (C=O) groups excluding carboxylic acids is 1. The summed E-state index contributed by atoms with van der Waals surface area (Å²) in [5.41, 5.74) is 6.14. The van der Waals surface area contributed by atoms with E-state index in [2.05, 4.69) is 12.6 Å². The molecule has 0 aliphatic heterocycles. The van der Waals surface area contributed by atoms with Crippen molar-refractivity contribution in [1.29, 1.82) is 0 Å². The van der Waals surface area contributed by atoms with Crippen molar-refractivity contribution in [1.82, 2.24) is 0 Å². The molecule has 2 N–H and O–H groups in total. The first-order valence-electron chi connectivity index (χ1n) is 4.08. The summed E-state index contributed by atoms with van der Waals surface area (Å²) in [5, 5.41) is 0. The van der Waals surface area contributed by atoms with Gasteiger partial charge in [-0.05, 0) is 12.5 Å². The standard InChI is InChI=1S/C10H13NOS/c1-10(13,7-9(11)12)8-5-3-2-4-6-8/h2-6,13H,7H2,1H3,(H2,11,12). The monoisotopic (exact) mass is 195 g/mol. The Balaban J connectivity index is 2.87. The van der Waals surface area contributed by atoms with E-state index in [1.807, 2.05) is 37.3 Å². The first-order valence-corrected chi connectivity index (χ1v) is 4.53. The Morgan fingerprint density at radius 3 is 2.46 bits per heavy atom. The van der Waals surface area contributed by atoms with Crippen molar-refractivity contribution in [3.05, 3.63) is 35.9 Å². The fourth-order valence-electron chi connectivity index (χ4n) is 1.24. The lowest BCUT2D eigenvalue weighted by atomic mass is 9.96. The maximum Gasteiger partial charge on any atom is 0.219 e. The van der Waals surface area contributed by atoms with Gasteiger partial charge in [0.25, 0.3) is 0 Å². The van der Waals surface area contributed by atoms with Crippen LogP contribution in [0.25, 0.3) is 0 Å². The van der Waals surface area contributed by atoms with Gasteiger partial charge in [0.1, 0.15) is 0 Å². The zero-order valence-corrected chi connectivity index (χ0v) is 8.42. The number of hydrogen-bond donors (Lipinski definition) is 2. The normalized spacial score (nSPS) is 14.9. The van der Waals surface area contributed by atoms with E-state index in [-0.39, 0.29) is 12.3 Å². The van der Waals surface area contributed by atoms with Gasteiger partial charge in [-0.25, -0.2) is 0 Å². The fraction of sp³-hybridized carbons (Fsp3) is 0.300. The lowest BCUT2D eigenvalue weighted by Gasteiger charge is -2.22. The minimum atomic E-state index is -0.465. The Labute approximate surface area is 83.5 Å². The SMILES string of the molecule is CC(S)(CC(N)=O)c1ccccc1. The van der Waals surface area contributed by atoms with E-state index in [1.165, 1.54) is 0 Å². The summed E-state index contributed by atoms with van der Waals surface area (Å²) in [5.74, 6) is -0.332. The second kappa shape index (κ2) is 3.83. The van der Waals surface area contributed by atoms with Crippen molar-refractivity contribution in [2.24, 2.45) is 5.73 Å². The summed E-state index contributed by atoms with van der Waals surface area (Å²) in [6.45, 7) is 1.89. The lowest BCUT2D eigenvalue weighted by molar-refractivity contribution is -0.118. The smallest absolute Gasteiger partial charge is 0.219 e. The largest absolute Gasteiger partial charge is 0.370 e. The molecule has 0 aliphatic rings. The van der Waals surface area contributed by atoms with Gasteiger partial charge in [0.2, 0.25) is 5.91 Å². The molecule has 0 saturated carbocycles. The molecule has 2 nitrogen and oxygen atoms in total. The molecular weight excluding hydrogens is 182 g/mol. The predicted molar refractivity (Wildman–Crippen MR) is 56.6 cm³/mol. The average Bonchev–Trinajstić information content (AvgIpc) is 2.04. The summed E-state index contributed by atoms with van der Waals surface area (Å²) in [6, 6.07) is 9.65. The van der Waals surface area contributed by atoms with Crippen LogP contribution in [0.5, 0.6) is 0 Å². The van der Waals surface area contributed by atoms with Gasteiger partial charge < -0.3 is 5.73 Å². The number of hydrogen-bond acceptors (Lipinski definition) is 2. The van der Waals surface area contributed by atoms with Crippen LogP contribution in [0.15, 0.2) is 30.3 Å². The molecule has 0 fully saturated rings. The molecule has 0 aromatic heterocycles. The molecule has 0 saturated heterocycles. The van der Waals surface area contributed by atoms with Gasteiger partial charge in [0, 0.05) is 11.2 Å². The Kier molecular flexibility index (Phi) is 2.98. The summed E-state index contributed by atoms with van der Waals surface area (Å²) < 4.78 is -0.465. The number of benzene rings is 1. The Morgan fingerprint density at radius 2 is 2.00 bits per heavy atom. The number of thiol groups is 1. The molecular formula is C10H13NOS. The number of nitrogens with two attached hydrogens (primary N) is 1. The van der Waals surface area contributed by atoms with Crippen molar-refractivity contribution in [3.63, 3.8) is 0 Å². The van der Waals surface area contributed by atoms with E-state index in [0.29, 0.717) is 0 Å². The van der Waals surface area contributed by atoms with E-state index >= 15 is 0 Å². The molecule has 0 heterocycles. The lowest BCUT2D eigenvalue weighted by Crippen LogP contribution is -2.24. The van der Waals surface area contributed by atoms with Gasteiger partial charge in [0.05, 0.1) is 0 Å². The molecule has 70 valence electrons. The fourth-order valence-corrected chi connectivity index (χ4v) is 1.54. The first-order chi connectivity index (χ1) is 6.02. The van der Waals surface area contributed by atoms with Gasteiger partial charge in [-0.2, -0.15) is 12.6 Å². The highest BCUT2D eigenvalue weighted by Gasteiger charge is 2.23. The summed E-state index contributed by atoms with van der Waals surface area (Å²) >= 11 is 4.41. The molecule has 1 atom stereocenters. The maximum atomic E-state index is 10.8. The molecule has 0 aliphatic carbocycles. The molecule has 1 amide bonds. The topological polar surface area (TPSA) is 43.1 Å². The maximum absolute atomic E-state index is 10.8. The van der Waals surface area contributed by atoms with Gasteiger partial charge in [-0.15, -0.1) is 0 Å². The summed E-state index contributed by atoms with van der Waals surface area (Å²) in [6.07, 6.45) is 0.250. The number of amides is 1. The van der Waals surface area contributed by atoms with E-state index in [9.17, 15) is 4.79 Å². The Hall–Kier alpha value is -0.960. The molecule has 0 bridgehead atoms. The van der Waals surface area contributed by atoms with Crippen LogP contribution < -0.4 is 5.73 Å². The van der Waals surface area contributed by atoms with Gasteiger partial charge >= 0.3 is 0 Å². The predicted octanol–water partition coefficient (Wildman–Crippen LogP) is 1.71. The molecule has 1 unspecified atom stereocenters. The van der Waals surface area contributed by atoms with Crippen molar-refractivity contribution in [2.45, 2.75) is 18.1 Å². The van der Waals surface area contributed by atoms with Gasteiger partial charge in [-0.1, -0.05) is 30.3 Å². The summed E-state index contributed by atoms with van der Waals surface area (Å²) in [7, 11) is 0. The van der Waals surface area contributed by atoms with Crippen molar-refractivity contribution in [3.8, 4) is 0 Å². The Bertz CT molecular complexity index is 295. The molecule has 13 heavy (non-hydrogen) atoms. The third-order valence-electron chi connectivity index (χ3n) is 1.91. The number of carbonyl (C=O) groups is 1. The van der Waals surface area contributed by atoms with Crippen LogP contribution >= 0.6 is 12.6 Å². The van der Waals surface area contributed by atoms with E-state index in [4.69, 9.17) is 5.73 Å². The minimum absolute atomic E-state index is 0.250. The highest BCUT2D eigenvalue weighted by Crippen LogP contribution is 2.30. The zero-order chi connectivity index (χ0) is 9.90. The number of primary amides is 1. The van der Waals surface area contributed by atoms with Crippen LogP contribution in [0.1, 0.15) is 18.9 Å². The molecule has 1 rings (SSSR count). The number of rotatable bonds is 3. The van der Waals surface area contributed by atoms with Crippen LogP contribution in [-0.4, -0.2) is 5.91 Å². The molecule has 1 aromatic carbocycles. The van der Waals surface area contributed by atoms with Crippen LogP contribution in [-0.2, 0) is 9.54 Å². The van der Waals surface area contributed by atoms with Gasteiger partial charge in [0.15, 0.2) is 0 Å². The third-order valence-corrected chi connectivity index (χ3v) is 2.33. The zero-order valence-electron chi connectivity index (χ0n) is 7.53. The van der Waals surface area contributed by atoms with Crippen LogP contribution in [0, 0.1) is 0 Å². The molecule has 0 radical (unpaired) electrons. The average molecular weight is 195 g/mol. The second-order valence-electron chi connectivity index (χ2n) is 3.28. The van der Waals surface area contributed by atoms with E-state index < -0.39 is 4.75 Å². The van der Waals surface area contributed by atoms with Gasteiger partial charge in [-0.3, -0.25) is 4.79 Å². The molecule has 1 aromatic rings. The van der Waals surface area contributed by atoms with E-state index in [0.717, 1.165) is 5.56 Å². The van der Waals surface area contributed by atoms with Crippen molar-refractivity contribution < 1.29 is 4.79 Å². The highest BCUT2D eigenvalue weighted by atomic mass is 32.1. The molecule has 0 spiro atoms. The first kappa shape index (κ1) is 10.1. The van der Waals surface area contributed by atoms with E-state index in [1.54, 1.807) is 0 Å². The minimum Gasteiger partial charge on any atom is -0.370 e. The Morgan fingerprint density at radius 1 is 1.46 bits per heavy atom. The summed E-state index contributed by atoms with van der Waals surface area (Å²) in [4.78, 5) is 10.8. The second-order valence-corrected chi connectivity index (χ2v) is 4.27. The van der Waals surface area contributed by atoms with Crippen LogP contribution in [0.4, 0.5) is 0 Å². The van der Waals surface area contributed by atoms with Crippen LogP contribution in [0.2, 0.25) is 0 Å². The van der Waals surface area contributed by atoms with Crippen LogP contribution in [0.3, 0.4) is 0 Å². The highest BCUT2D eigenvalue weighted by molar-refractivity contribution is 7.81. The van der Waals surface area contributed by atoms with Crippen molar-refractivity contribution in [2.75, 3.05) is 0 Å². The molecule has 3 heteroatoms. The quantitative estimate of drug-likeness (QED) is 0.708. The van der Waals surface area contributed by atoms with Crippen molar-refractivity contribution >= 4 is 18.5 Å².